The largest absolute Gasteiger partial charge is 0.489 e. The summed E-state index contributed by atoms with van der Waals surface area (Å²) >= 11 is 3.78. The first-order valence-electron chi connectivity index (χ1n) is 8.38. The molecular formula is C21H25BrO. The SMILES string of the molecule is Cc1c(C)c2c(c(C)c1Br)[C@@H](c1ccc(C(C)C)cc1)[C@@H](C)O2. The third kappa shape index (κ3) is 2.61. The minimum atomic E-state index is 0.168. The summed E-state index contributed by atoms with van der Waals surface area (Å²) in [4.78, 5) is 0. The van der Waals surface area contributed by atoms with Gasteiger partial charge in [-0.15, -0.1) is 0 Å². The molecule has 0 spiro atoms. The molecule has 2 aromatic carbocycles. The quantitative estimate of drug-likeness (QED) is 0.591. The van der Waals surface area contributed by atoms with E-state index in [4.69, 9.17) is 4.74 Å². The zero-order chi connectivity index (χ0) is 16.9. The molecule has 2 aromatic rings. The van der Waals surface area contributed by atoms with Gasteiger partial charge in [-0.2, -0.15) is 0 Å². The Labute approximate surface area is 148 Å². The third-order valence-electron chi connectivity index (χ3n) is 5.26. The molecule has 2 heteroatoms. The lowest BCUT2D eigenvalue weighted by molar-refractivity contribution is 0.237. The van der Waals surface area contributed by atoms with Gasteiger partial charge in [0.25, 0.3) is 0 Å². The van der Waals surface area contributed by atoms with Crippen molar-refractivity contribution >= 4 is 15.9 Å². The van der Waals surface area contributed by atoms with E-state index < -0.39 is 0 Å². The average Bonchev–Trinajstić information content (AvgIpc) is 2.88. The Hall–Kier alpha value is -1.28. The highest BCUT2D eigenvalue weighted by atomic mass is 79.9. The van der Waals surface area contributed by atoms with E-state index in [1.54, 1.807) is 0 Å². The minimum absolute atomic E-state index is 0.168. The molecule has 23 heavy (non-hydrogen) atoms. The molecule has 0 aliphatic carbocycles. The second kappa shape index (κ2) is 5.98. The summed E-state index contributed by atoms with van der Waals surface area (Å²) in [5.74, 6) is 1.96. The minimum Gasteiger partial charge on any atom is -0.489 e. The maximum Gasteiger partial charge on any atom is 0.127 e. The Balaban J connectivity index is 2.14. The number of benzene rings is 2. The molecule has 1 aliphatic rings. The van der Waals surface area contributed by atoms with Crippen LogP contribution in [0.25, 0.3) is 0 Å². The molecule has 0 bridgehead atoms. The standard InChI is InChI=1S/C21H25BrO/c1-11(2)16-7-9-17(10-8-16)19-15(6)23-21-13(4)12(3)20(22)14(5)18(19)21/h7-11,15,19H,1-6H3/t15-,19-/m1/s1. The summed E-state index contributed by atoms with van der Waals surface area (Å²) in [6.45, 7) is 13.2. The van der Waals surface area contributed by atoms with Crippen LogP contribution >= 0.6 is 15.9 Å². The van der Waals surface area contributed by atoms with Crippen LogP contribution in [0.15, 0.2) is 28.7 Å². The van der Waals surface area contributed by atoms with Gasteiger partial charge in [-0.25, -0.2) is 0 Å². The van der Waals surface area contributed by atoms with Crippen LogP contribution in [0.4, 0.5) is 0 Å². The lowest BCUT2D eigenvalue weighted by atomic mass is 9.84. The van der Waals surface area contributed by atoms with E-state index in [9.17, 15) is 0 Å². The fourth-order valence-electron chi connectivity index (χ4n) is 3.65. The van der Waals surface area contributed by atoms with Crippen LogP contribution in [-0.2, 0) is 0 Å². The van der Waals surface area contributed by atoms with E-state index in [0.29, 0.717) is 11.8 Å². The number of hydrogen-bond acceptors (Lipinski definition) is 1. The van der Waals surface area contributed by atoms with Crippen molar-refractivity contribution in [3.05, 3.63) is 62.1 Å². The van der Waals surface area contributed by atoms with Gasteiger partial charge in [-0.1, -0.05) is 54.0 Å². The molecule has 3 rings (SSSR count). The third-order valence-corrected chi connectivity index (χ3v) is 6.45. The van der Waals surface area contributed by atoms with E-state index in [1.807, 2.05) is 0 Å². The Morgan fingerprint density at radius 1 is 0.957 bits per heavy atom. The van der Waals surface area contributed by atoms with E-state index in [2.05, 4.69) is 81.7 Å². The van der Waals surface area contributed by atoms with Gasteiger partial charge in [0, 0.05) is 16.0 Å². The normalized spacial score (nSPS) is 19.8. The van der Waals surface area contributed by atoms with Crippen molar-refractivity contribution in [1.82, 2.24) is 0 Å². The summed E-state index contributed by atoms with van der Waals surface area (Å²) in [5, 5.41) is 0. The summed E-state index contributed by atoms with van der Waals surface area (Å²) in [7, 11) is 0. The van der Waals surface area contributed by atoms with E-state index in [1.165, 1.54) is 37.9 Å². The van der Waals surface area contributed by atoms with E-state index in [-0.39, 0.29) is 6.10 Å². The molecule has 1 aliphatic heterocycles. The van der Waals surface area contributed by atoms with Crippen LogP contribution in [0.2, 0.25) is 0 Å². The Bertz CT molecular complexity index is 744. The molecule has 0 saturated carbocycles. The molecular weight excluding hydrogens is 348 g/mol. The van der Waals surface area contributed by atoms with Crippen LogP contribution < -0.4 is 4.74 Å². The predicted octanol–water partition coefficient (Wildman–Crippen LogP) is 6.41. The molecule has 0 unspecified atom stereocenters. The van der Waals surface area contributed by atoms with E-state index >= 15 is 0 Å². The molecule has 1 nitrogen and oxygen atoms in total. The first-order valence-corrected chi connectivity index (χ1v) is 9.17. The number of hydrogen-bond donors (Lipinski definition) is 0. The van der Waals surface area contributed by atoms with E-state index in [0.717, 1.165) is 5.75 Å². The fraction of sp³-hybridized carbons (Fsp3) is 0.429. The fourth-order valence-corrected chi connectivity index (χ4v) is 4.16. The second-order valence-electron chi connectivity index (χ2n) is 7.05. The van der Waals surface area contributed by atoms with Crippen molar-refractivity contribution in [2.45, 2.75) is 59.5 Å². The maximum absolute atomic E-state index is 6.28. The highest BCUT2D eigenvalue weighted by Crippen LogP contribution is 2.49. The monoisotopic (exact) mass is 372 g/mol. The van der Waals surface area contributed by atoms with Gasteiger partial charge in [-0.05, 0) is 61.4 Å². The lowest BCUT2D eigenvalue weighted by Gasteiger charge is -2.19. The number of fused-ring (bicyclic) bond motifs is 1. The molecule has 0 N–H and O–H groups in total. The second-order valence-corrected chi connectivity index (χ2v) is 7.85. The van der Waals surface area contributed by atoms with Crippen LogP contribution in [0.3, 0.4) is 0 Å². The Morgan fingerprint density at radius 2 is 1.57 bits per heavy atom. The first kappa shape index (κ1) is 16.6. The molecule has 0 amide bonds. The van der Waals surface area contributed by atoms with Crippen molar-refractivity contribution in [2.75, 3.05) is 0 Å². The Morgan fingerprint density at radius 3 is 2.13 bits per heavy atom. The van der Waals surface area contributed by atoms with Gasteiger partial charge in [0.15, 0.2) is 0 Å². The van der Waals surface area contributed by atoms with Gasteiger partial charge < -0.3 is 4.74 Å². The van der Waals surface area contributed by atoms with Crippen molar-refractivity contribution in [2.24, 2.45) is 0 Å². The molecule has 0 radical (unpaired) electrons. The number of halogens is 1. The lowest BCUT2D eigenvalue weighted by Crippen LogP contribution is -2.15. The smallest absolute Gasteiger partial charge is 0.127 e. The highest BCUT2D eigenvalue weighted by molar-refractivity contribution is 9.10. The average molecular weight is 373 g/mol. The van der Waals surface area contributed by atoms with Crippen molar-refractivity contribution in [3.63, 3.8) is 0 Å². The first-order chi connectivity index (χ1) is 10.8. The highest BCUT2D eigenvalue weighted by Gasteiger charge is 2.36. The summed E-state index contributed by atoms with van der Waals surface area (Å²) in [5.41, 5.74) is 7.93. The zero-order valence-electron chi connectivity index (χ0n) is 14.8. The molecule has 122 valence electrons. The number of rotatable bonds is 2. The van der Waals surface area contributed by atoms with Crippen LogP contribution in [0.5, 0.6) is 5.75 Å². The predicted molar refractivity (Wildman–Crippen MR) is 101 cm³/mol. The van der Waals surface area contributed by atoms with Gasteiger partial charge in [0.05, 0.1) is 0 Å². The van der Waals surface area contributed by atoms with Gasteiger partial charge in [0.2, 0.25) is 0 Å². The van der Waals surface area contributed by atoms with Gasteiger partial charge in [-0.3, -0.25) is 0 Å². The van der Waals surface area contributed by atoms with Crippen LogP contribution in [0, 0.1) is 20.8 Å². The zero-order valence-corrected chi connectivity index (χ0v) is 16.4. The molecule has 0 fully saturated rings. The van der Waals surface area contributed by atoms with Gasteiger partial charge >= 0.3 is 0 Å². The van der Waals surface area contributed by atoms with Crippen LogP contribution in [-0.4, -0.2) is 6.10 Å². The maximum atomic E-state index is 6.28. The van der Waals surface area contributed by atoms with Crippen LogP contribution in [0.1, 0.15) is 66.0 Å². The Kier molecular flexibility index (Phi) is 4.31. The summed E-state index contributed by atoms with van der Waals surface area (Å²) in [6, 6.07) is 9.07. The van der Waals surface area contributed by atoms with Crippen molar-refractivity contribution in [1.29, 1.82) is 0 Å². The van der Waals surface area contributed by atoms with Crippen molar-refractivity contribution in [3.8, 4) is 5.75 Å². The number of ether oxygens (including phenoxy) is 1. The molecule has 0 saturated heterocycles. The summed E-state index contributed by atoms with van der Waals surface area (Å²) in [6.07, 6.45) is 0.168. The molecule has 2 atom stereocenters. The topological polar surface area (TPSA) is 9.23 Å². The van der Waals surface area contributed by atoms with Gasteiger partial charge in [0.1, 0.15) is 11.9 Å². The summed E-state index contributed by atoms with van der Waals surface area (Å²) < 4.78 is 7.50. The molecule has 1 heterocycles. The van der Waals surface area contributed by atoms with Crippen molar-refractivity contribution < 1.29 is 4.74 Å². The molecule has 0 aromatic heterocycles.